The van der Waals surface area contributed by atoms with Crippen LogP contribution in [0.3, 0.4) is 0 Å². The van der Waals surface area contributed by atoms with Crippen LogP contribution in [0.5, 0.6) is 0 Å². The van der Waals surface area contributed by atoms with Gasteiger partial charge >= 0.3 is 0 Å². The number of hydrogen-bond donors (Lipinski definition) is 1. The lowest BCUT2D eigenvalue weighted by atomic mass is 10.1. The van der Waals surface area contributed by atoms with E-state index in [4.69, 9.17) is 0 Å². The Morgan fingerprint density at radius 2 is 1.71 bits per heavy atom. The average molecular weight is 312 g/mol. The maximum Gasteiger partial charge on any atom is 0.243 e. The highest BCUT2D eigenvalue weighted by atomic mass is 32.2. The number of benzene rings is 1. The first-order valence-electron chi connectivity index (χ1n) is 6.91. The van der Waals surface area contributed by atoms with Crippen molar-refractivity contribution in [2.24, 2.45) is 0 Å². The van der Waals surface area contributed by atoms with Crippen molar-refractivity contribution in [1.82, 2.24) is 5.32 Å². The Morgan fingerprint density at radius 1 is 1.14 bits per heavy atom. The molecule has 0 heterocycles. The van der Waals surface area contributed by atoms with Gasteiger partial charge in [0.25, 0.3) is 0 Å². The third-order valence-corrected chi connectivity index (χ3v) is 4.51. The Balaban J connectivity index is 3.24. The summed E-state index contributed by atoms with van der Waals surface area (Å²) in [6.45, 7) is 9.14. The largest absolute Gasteiger partial charge is 0.352 e. The van der Waals surface area contributed by atoms with Crippen LogP contribution in [0.25, 0.3) is 0 Å². The standard InChI is InChI=1S/C15H24N2O3S/c1-10(2)16-15(18)13(5)17(21(6,19)20)14-8-7-11(3)12(4)9-14/h7-10,13H,1-6H3,(H,16,18)/t13-/m0/s1. The molecule has 0 aliphatic carbocycles. The molecule has 0 unspecified atom stereocenters. The van der Waals surface area contributed by atoms with Gasteiger partial charge < -0.3 is 5.32 Å². The van der Waals surface area contributed by atoms with Crippen molar-refractivity contribution in [2.75, 3.05) is 10.6 Å². The molecule has 1 amide bonds. The second-order valence-corrected chi connectivity index (χ2v) is 7.53. The lowest BCUT2D eigenvalue weighted by molar-refractivity contribution is -0.122. The number of rotatable bonds is 5. The van der Waals surface area contributed by atoms with Gasteiger partial charge in [-0.25, -0.2) is 8.42 Å². The molecule has 1 atom stereocenters. The van der Waals surface area contributed by atoms with Gasteiger partial charge in [0, 0.05) is 6.04 Å². The smallest absolute Gasteiger partial charge is 0.243 e. The highest BCUT2D eigenvalue weighted by Gasteiger charge is 2.29. The number of carbonyl (C=O) groups is 1. The Kier molecular flexibility index (Phi) is 5.39. The van der Waals surface area contributed by atoms with E-state index in [1.165, 1.54) is 0 Å². The van der Waals surface area contributed by atoms with E-state index in [2.05, 4.69) is 5.32 Å². The molecule has 0 aliphatic rings. The van der Waals surface area contributed by atoms with Crippen LogP contribution in [0, 0.1) is 13.8 Å². The minimum Gasteiger partial charge on any atom is -0.352 e. The minimum absolute atomic E-state index is 0.0406. The molecule has 5 nitrogen and oxygen atoms in total. The van der Waals surface area contributed by atoms with Crippen molar-refractivity contribution in [2.45, 2.75) is 46.7 Å². The minimum atomic E-state index is -3.56. The first-order valence-corrected chi connectivity index (χ1v) is 8.76. The number of nitrogens with one attached hydrogen (secondary N) is 1. The maximum atomic E-state index is 12.1. The zero-order valence-electron chi connectivity index (χ0n) is 13.5. The summed E-state index contributed by atoms with van der Waals surface area (Å²) in [7, 11) is -3.56. The topological polar surface area (TPSA) is 66.5 Å². The fraction of sp³-hybridized carbons (Fsp3) is 0.533. The van der Waals surface area contributed by atoms with Gasteiger partial charge in [0.05, 0.1) is 11.9 Å². The third-order valence-electron chi connectivity index (χ3n) is 3.26. The van der Waals surface area contributed by atoms with Gasteiger partial charge in [-0.3, -0.25) is 9.10 Å². The molecule has 0 bridgehead atoms. The van der Waals surface area contributed by atoms with E-state index in [0.717, 1.165) is 21.7 Å². The Labute approximate surface area is 127 Å². The quantitative estimate of drug-likeness (QED) is 0.904. The fourth-order valence-corrected chi connectivity index (χ4v) is 3.24. The van der Waals surface area contributed by atoms with Gasteiger partial charge in [-0.05, 0) is 57.9 Å². The molecule has 0 saturated carbocycles. The van der Waals surface area contributed by atoms with E-state index < -0.39 is 16.1 Å². The number of carbonyl (C=O) groups excluding carboxylic acids is 1. The predicted molar refractivity (Wildman–Crippen MR) is 86.0 cm³/mol. The van der Waals surface area contributed by atoms with E-state index in [1.807, 2.05) is 33.8 Å². The molecule has 21 heavy (non-hydrogen) atoms. The molecule has 1 aromatic rings. The first-order chi connectivity index (χ1) is 9.54. The molecular weight excluding hydrogens is 288 g/mol. The SMILES string of the molecule is Cc1ccc(N([C@@H](C)C(=O)NC(C)C)S(C)(=O)=O)cc1C. The number of hydrogen-bond acceptors (Lipinski definition) is 3. The molecule has 6 heteroatoms. The van der Waals surface area contributed by atoms with Crippen LogP contribution in [-0.4, -0.2) is 32.7 Å². The lowest BCUT2D eigenvalue weighted by Gasteiger charge is -2.29. The molecule has 0 aromatic heterocycles. The van der Waals surface area contributed by atoms with Crippen LogP contribution >= 0.6 is 0 Å². The summed E-state index contributed by atoms with van der Waals surface area (Å²) in [5.41, 5.74) is 2.57. The first kappa shape index (κ1) is 17.5. The summed E-state index contributed by atoms with van der Waals surface area (Å²) in [4.78, 5) is 12.1. The molecule has 0 aliphatic heterocycles. The molecule has 0 saturated heterocycles. The highest BCUT2D eigenvalue weighted by molar-refractivity contribution is 7.92. The summed E-state index contributed by atoms with van der Waals surface area (Å²) < 4.78 is 25.4. The fourth-order valence-electron chi connectivity index (χ4n) is 2.08. The molecule has 118 valence electrons. The Bertz CT molecular complexity index is 624. The van der Waals surface area contributed by atoms with E-state index in [-0.39, 0.29) is 11.9 Å². The van der Waals surface area contributed by atoms with Gasteiger partial charge in [-0.1, -0.05) is 6.07 Å². The normalized spacial score (nSPS) is 13.1. The van der Waals surface area contributed by atoms with Gasteiger partial charge in [0.15, 0.2) is 0 Å². The number of aryl methyl sites for hydroxylation is 2. The van der Waals surface area contributed by atoms with E-state index in [1.54, 1.807) is 19.1 Å². The zero-order valence-corrected chi connectivity index (χ0v) is 14.3. The average Bonchev–Trinajstić information content (AvgIpc) is 2.31. The molecule has 0 radical (unpaired) electrons. The summed E-state index contributed by atoms with van der Waals surface area (Å²) in [6.07, 6.45) is 1.11. The van der Waals surface area contributed by atoms with Crippen molar-refractivity contribution in [3.63, 3.8) is 0 Å². The number of nitrogens with zero attached hydrogens (tertiary/aromatic N) is 1. The van der Waals surface area contributed by atoms with E-state index in [9.17, 15) is 13.2 Å². The summed E-state index contributed by atoms with van der Waals surface area (Å²) in [5, 5.41) is 2.75. The Hall–Kier alpha value is -1.56. The monoisotopic (exact) mass is 312 g/mol. The van der Waals surface area contributed by atoms with E-state index >= 15 is 0 Å². The van der Waals surface area contributed by atoms with Crippen LogP contribution < -0.4 is 9.62 Å². The molecular formula is C15H24N2O3S. The Morgan fingerprint density at radius 3 is 2.14 bits per heavy atom. The van der Waals surface area contributed by atoms with Crippen LogP contribution in [0.15, 0.2) is 18.2 Å². The second-order valence-electron chi connectivity index (χ2n) is 5.67. The summed E-state index contributed by atoms with van der Waals surface area (Å²) in [6, 6.07) is 4.53. The summed E-state index contributed by atoms with van der Waals surface area (Å²) >= 11 is 0. The van der Waals surface area contributed by atoms with Crippen LogP contribution in [0.2, 0.25) is 0 Å². The maximum absolute atomic E-state index is 12.1. The number of sulfonamides is 1. The zero-order chi connectivity index (χ0) is 16.4. The molecule has 1 rings (SSSR count). The van der Waals surface area contributed by atoms with Crippen molar-refractivity contribution in [1.29, 1.82) is 0 Å². The van der Waals surface area contributed by atoms with Crippen molar-refractivity contribution in [3.05, 3.63) is 29.3 Å². The van der Waals surface area contributed by atoms with Gasteiger partial charge in [0.1, 0.15) is 6.04 Å². The van der Waals surface area contributed by atoms with Gasteiger partial charge in [0.2, 0.25) is 15.9 Å². The highest BCUT2D eigenvalue weighted by Crippen LogP contribution is 2.23. The molecule has 1 N–H and O–H groups in total. The van der Waals surface area contributed by atoms with Gasteiger partial charge in [-0.15, -0.1) is 0 Å². The second kappa shape index (κ2) is 6.47. The molecule has 0 fully saturated rings. The van der Waals surface area contributed by atoms with Gasteiger partial charge in [-0.2, -0.15) is 0 Å². The lowest BCUT2D eigenvalue weighted by Crippen LogP contribution is -2.49. The molecule has 1 aromatic carbocycles. The van der Waals surface area contributed by atoms with Crippen molar-refractivity contribution in [3.8, 4) is 0 Å². The number of anilines is 1. The van der Waals surface area contributed by atoms with Crippen LogP contribution in [-0.2, 0) is 14.8 Å². The van der Waals surface area contributed by atoms with Crippen molar-refractivity contribution < 1.29 is 13.2 Å². The summed E-state index contributed by atoms with van der Waals surface area (Å²) in [5.74, 6) is -0.311. The van der Waals surface area contributed by atoms with Crippen LogP contribution in [0.1, 0.15) is 31.9 Å². The number of amides is 1. The van der Waals surface area contributed by atoms with Crippen LogP contribution in [0.4, 0.5) is 5.69 Å². The predicted octanol–water partition coefficient (Wildman–Crippen LogP) is 1.98. The van der Waals surface area contributed by atoms with Crippen molar-refractivity contribution >= 4 is 21.6 Å². The van der Waals surface area contributed by atoms with E-state index in [0.29, 0.717) is 5.69 Å². The third kappa shape index (κ3) is 4.46. The molecule has 0 spiro atoms.